The molecular weight excluding hydrogens is 443 g/mol. The van der Waals surface area contributed by atoms with Gasteiger partial charge in [-0.1, -0.05) is 35.9 Å². The largest absolute Gasteiger partial charge is 0.459 e. The molecule has 0 unspecified atom stereocenters. The highest BCUT2D eigenvalue weighted by Gasteiger charge is 2.30. The van der Waals surface area contributed by atoms with E-state index < -0.39 is 45.6 Å². The van der Waals surface area contributed by atoms with Crippen molar-refractivity contribution in [1.29, 1.82) is 0 Å². The van der Waals surface area contributed by atoms with Crippen LogP contribution in [0.5, 0.6) is 0 Å². The topological polar surface area (TPSA) is 72.5 Å². The fourth-order valence-corrected chi connectivity index (χ4v) is 3.91. The van der Waals surface area contributed by atoms with Crippen molar-refractivity contribution in [2.75, 3.05) is 6.54 Å². The van der Waals surface area contributed by atoms with E-state index in [1.165, 1.54) is 30.3 Å². The van der Waals surface area contributed by atoms with Crippen molar-refractivity contribution in [3.63, 3.8) is 0 Å². The summed E-state index contributed by atoms with van der Waals surface area (Å²) in [6.07, 6.45) is -4.44. The van der Waals surface area contributed by atoms with Crippen molar-refractivity contribution >= 4 is 27.6 Å². The molecule has 0 radical (unpaired) electrons. The lowest BCUT2D eigenvalue weighted by Gasteiger charge is -2.19. The van der Waals surface area contributed by atoms with Gasteiger partial charge in [-0.15, -0.1) is 0 Å². The maximum absolute atomic E-state index is 12.7. The molecule has 1 N–H and O–H groups in total. The van der Waals surface area contributed by atoms with Gasteiger partial charge in [-0.3, -0.25) is 4.79 Å². The zero-order chi connectivity index (χ0) is 22.7. The Morgan fingerprint density at radius 2 is 1.67 bits per heavy atom. The lowest BCUT2D eigenvalue weighted by Crippen LogP contribution is -2.35. The first-order valence-corrected chi connectivity index (χ1v) is 10.8. The van der Waals surface area contributed by atoms with E-state index in [2.05, 4.69) is 4.72 Å². The summed E-state index contributed by atoms with van der Waals surface area (Å²) in [7, 11) is -3.84. The summed E-state index contributed by atoms with van der Waals surface area (Å²) in [6.45, 7) is 4.50. The molecule has 0 atom stereocenters. The van der Waals surface area contributed by atoms with Gasteiger partial charge in [0, 0.05) is 10.6 Å². The second kappa shape index (κ2) is 8.95. The molecule has 0 aliphatic rings. The first-order chi connectivity index (χ1) is 13.7. The molecule has 0 saturated heterocycles. The maximum Gasteiger partial charge on any atom is 0.416 e. The van der Waals surface area contributed by atoms with Crippen molar-refractivity contribution in [3.8, 4) is 11.1 Å². The van der Waals surface area contributed by atoms with Gasteiger partial charge in [0.05, 0.1) is 11.3 Å². The normalized spacial score (nSPS) is 12.6. The number of rotatable bonds is 6. The molecule has 0 amide bonds. The Labute approximate surface area is 178 Å². The van der Waals surface area contributed by atoms with Gasteiger partial charge in [0.15, 0.2) is 0 Å². The molecule has 5 nitrogen and oxygen atoms in total. The number of halogens is 4. The maximum atomic E-state index is 12.7. The predicted molar refractivity (Wildman–Crippen MR) is 108 cm³/mol. The summed E-state index contributed by atoms with van der Waals surface area (Å²) >= 11 is 6.21. The molecule has 0 spiro atoms. The minimum atomic E-state index is -4.44. The summed E-state index contributed by atoms with van der Waals surface area (Å²) in [6, 6.07) is 8.94. The van der Waals surface area contributed by atoms with E-state index in [0.717, 1.165) is 12.1 Å². The molecule has 164 valence electrons. The minimum Gasteiger partial charge on any atom is -0.459 e. The molecule has 0 aliphatic carbocycles. The number of sulfonamides is 1. The van der Waals surface area contributed by atoms with Crippen LogP contribution in [0, 0.1) is 0 Å². The smallest absolute Gasteiger partial charge is 0.416 e. The number of benzene rings is 2. The molecule has 2 aromatic rings. The third-order valence-electron chi connectivity index (χ3n) is 3.77. The molecular formula is C20H21ClF3NO4S. The Bertz CT molecular complexity index is 1010. The van der Waals surface area contributed by atoms with E-state index >= 15 is 0 Å². The number of carbonyl (C=O) groups is 1. The fourth-order valence-electron chi connectivity index (χ4n) is 2.54. The van der Waals surface area contributed by atoms with Gasteiger partial charge in [-0.2, -0.15) is 13.2 Å². The standard InChI is InChI=1S/C20H21ClF3NO4S/c1-19(2,3)29-18(26)11-25-30(27,28)12-13-4-9-16(17(21)10-13)14-5-7-15(8-6-14)20(22,23)24/h4-10,25H,11-12H2,1-3H3. The molecule has 0 aromatic heterocycles. The third-order valence-corrected chi connectivity index (χ3v) is 5.38. The Hall–Kier alpha value is -2.10. The number of alkyl halides is 3. The number of ether oxygens (including phenoxy) is 1. The van der Waals surface area contributed by atoms with E-state index in [-0.39, 0.29) is 5.02 Å². The lowest BCUT2D eigenvalue weighted by atomic mass is 10.0. The van der Waals surface area contributed by atoms with Gasteiger partial charge >= 0.3 is 12.1 Å². The average molecular weight is 464 g/mol. The molecule has 0 heterocycles. The Kier molecular flexibility index (Phi) is 7.21. The van der Waals surface area contributed by atoms with Crippen molar-refractivity contribution < 1.29 is 31.1 Å². The first-order valence-electron chi connectivity index (χ1n) is 8.81. The summed E-state index contributed by atoms with van der Waals surface area (Å²) in [5.41, 5.74) is -0.225. The van der Waals surface area contributed by atoms with E-state index in [1.807, 2.05) is 0 Å². The van der Waals surface area contributed by atoms with Crippen molar-refractivity contribution in [2.45, 2.75) is 38.3 Å². The van der Waals surface area contributed by atoms with E-state index in [1.54, 1.807) is 20.8 Å². The van der Waals surface area contributed by atoms with Crippen molar-refractivity contribution in [3.05, 3.63) is 58.6 Å². The van der Waals surface area contributed by atoms with Gasteiger partial charge in [0.25, 0.3) is 0 Å². The summed E-state index contributed by atoms with van der Waals surface area (Å²) in [5.74, 6) is -1.13. The third kappa shape index (κ3) is 7.30. The quantitative estimate of drug-likeness (QED) is 0.625. The van der Waals surface area contributed by atoms with Crippen LogP contribution in [0.15, 0.2) is 42.5 Å². The van der Waals surface area contributed by atoms with Crippen molar-refractivity contribution in [2.24, 2.45) is 0 Å². The Balaban J connectivity index is 2.08. The number of esters is 1. The number of hydrogen-bond donors (Lipinski definition) is 1. The second-order valence-electron chi connectivity index (χ2n) is 7.56. The van der Waals surface area contributed by atoms with Crippen LogP contribution in [-0.4, -0.2) is 26.5 Å². The molecule has 0 fully saturated rings. The van der Waals surface area contributed by atoms with Crippen LogP contribution >= 0.6 is 11.6 Å². The highest BCUT2D eigenvalue weighted by Crippen LogP contribution is 2.33. The highest BCUT2D eigenvalue weighted by molar-refractivity contribution is 7.88. The number of carbonyl (C=O) groups excluding carboxylic acids is 1. The molecule has 0 aliphatic heterocycles. The van der Waals surface area contributed by atoms with Crippen LogP contribution < -0.4 is 4.72 Å². The van der Waals surface area contributed by atoms with Crippen LogP contribution in [-0.2, 0) is 31.5 Å². The van der Waals surface area contributed by atoms with Gasteiger partial charge in [-0.05, 0) is 50.1 Å². The molecule has 2 aromatic carbocycles. The second-order valence-corrected chi connectivity index (χ2v) is 9.77. The van der Waals surface area contributed by atoms with Crippen LogP contribution in [0.2, 0.25) is 5.02 Å². The number of nitrogens with one attached hydrogen (secondary N) is 1. The Morgan fingerprint density at radius 1 is 1.07 bits per heavy atom. The zero-order valence-electron chi connectivity index (χ0n) is 16.5. The van der Waals surface area contributed by atoms with Gasteiger partial charge in [0.2, 0.25) is 10.0 Å². The monoisotopic (exact) mass is 463 g/mol. The Morgan fingerprint density at radius 3 is 2.17 bits per heavy atom. The molecule has 0 bridgehead atoms. The highest BCUT2D eigenvalue weighted by atomic mass is 35.5. The van der Waals surface area contributed by atoms with Gasteiger partial charge in [0.1, 0.15) is 12.1 Å². The molecule has 0 saturated carbocycles. The van der Waals surface area contributed by atoms with Crippen LogP contribution in [0.3, 0.4) is 0 Å². The lowest BCUT2D eigenvalue weighted by molar-refractivity contribution is -0.153. The minimum absolute atomic E-state index is 0.189. The van der Waals surface area contributed by atoms with Gasteiger partial charge < -0.3 is 4.74 Å². The molecule has 30 heavy (non-hydrogen) atoms. The summed E-state index contributed by atoms with van der Waals surface area (Å²) in [4.78, 5) is 11.7. The SMILES string of the molecule is CC(C)(C)OC(=O)CNS(=O)(=O)Cc1ccc(-c2ccc(C(F)(F)F)cc2)c(Cl)c1. The van der Waals surface area contributed by atoms with E-state index in [0.29, 0.717) is 16.7 Å². The van der Waals surface area contributed by atoms with Gasteiger partial charge in [-0.25, -0.2) is 13.1 Å². The van der Waals surface area contributed by atoms with Crippen molar-refractivity contribution in [1.82, 2.24) is 4.72 Å². The van der Waals surface area contributed by atoms with Crippen LogP contribution in [0.4, 0.5) is 13.2 Å². The number of hydrogen-bond acceptors (Lipinski definition) is 4. The van der Waals surface area contributed by atoms with E-state index in [4.69, 9.17) is 16.3 Å². The predicted octanol–water partition coefficient (Wildman–Crippen LogP) is 4.79. The van der Waals surface area contributed by atoms with Crippen LogP contribution in [0.1, 0.15) is 31.9 Å². The fraction of sp³-hybridized carbons (Fsp3) is 0.350. The zero-order valence-corrected chi connectivity index (χ0v) is 18.1. The van der Waals surface area contributed by atoms with E-state index in [9.17, 15) is 26.4 Å². The summed E-state index contributed by atoms with van der Waals surface area (Å²) < 4.78 is 69.7. The van der Waals surface area contributed by atoms with Crippen LogP contribution in [0.25, 0.3) is 11.1 Å². The average Bonchev–Trinajstić information content (AvgIpc) is 2.58. The summed E-state index contributed by atoms with van der Waals surface area (Å²) in [5, 5.41) is 0.189. The molecule has 2 rings (SSSR count). The molecule has 10 heteroatoms. The first kappa shape index (κ1) is 24.2.